The Morgan fingerprint density at radius 1 is 1.41 bits per heavy atom. The SMILES string of the molecule is CC[C@@H](NC(=O)c1ccc(C)c(O)c1)C(=O)O. The van der Waals surface area contributed by atoms with E-state index in [-0.39, 0.29) is 11.3 Å². The van der Waals surface area contributed by atoms with Crippen LogP contribution in [-0.4, -0.2) is 28.1 Å². The summed E-state index contributed by atoms with van der Waals surface area (Å²) in [5.74, 6) is -1.56. The van der Waals surface area contributed by atoms with Gasteiger partial charge in [0.25, 0.3) is 5.91 Å². The summed E-state index contributed by atoms with van der Waals surface area (Å²) in [6, 6.07) is 3.55. The number of amides is 1. The van der Waals surface area contributed by atoms with Crippen LogP contribution in [0.3, 0.4) is 0 Å². The maximum Gasteiger partial charge on any atom is 0.326 e. The molecule has 0 aromatic heterocycles. The molecule has 0 aliphatic rings. The Bertz CT molecular complexity index is 442. The Balaban J connectivity index is 2.82. The molecule has 5 nitrogen and oxygen atoms in total. The molecule has 1 aromatic carbocycles. The van der Waals surface area contributed by atoms with Gasteiger partial charge in [0.05, 0.1) is 0 Å². The van der Waals surface area contributed by atoms with Crippen molar-refractivity contribution in [1.29, 1.82) is 0 Å². The van der Waals surface area contributed by atoms with Gasteiger partial charge in [-0.05, 0) is 31.0 Å². The first-order chi connectivity index (χ1) is 7.95. The van der Waals surface area contributed by atoms with Crippen molar-refractivity contribution in [3.8, 4) is 5.75 Å². The molecule has 3 N–H and O–H groups in total. The van der Waals surface area contributed by atoms with Crippen LogP contribution in [0.5, 0.6) is 5.75 Å². The van der Waals surface area contributed by atoms with Crippen LogP contribution in [0.4, 0.5) is 0 Å². The molecule has 1 atom stereocenters. The van der Waals surface area contributed by atoms with E-state index in [1.165, 1.54) is 6.07 Å². The lowest BCUT2D eigenvalue weighted by atomic mass is 10.1. The standard InChI is InChI=1S/C12H15NO4/c1-3-9(12(16)17)13-11(15)8-5-4-7(2)10(14)6-8/h4-6,9,14H,3H2,1-2H3,(H,13,15)(H,16,17)/t9-/m1/s1. The van der Waals surface area contributed by atoms with E-state index in [9.17, 15) is 14.7 Å². The molecule has 1 aromatic rings. The highest BCUT2D eigenvalue weighted by molar-refractivity contribution is 5.96. The van der Waals surface area contributed by atoms with E-state index in [1.54, 1.807) is 26.0 Å². The molecule has 92 valence electrons. The van der Waals surface area contributed by atoms with Gasteiger partial charge in [-0.25, -0.2) is 4.79 Å². The predicted octanol–water partition coefficient (Wildman–Crippen LogP) is 1.29. The summed E-state index contributed by atoms with van der Waals surface area (Å²) >= 11 is 0. The molecule has 1 rings (SSSR count). The van der Waals surface area contributed by atoms with Gasteiger partial charge in [0.2, 0.25) is 0 Å². The van der Waals surface area contributed by atoms with Crippen LogP contribution in [-0.2, 0) is 4.79 Å². The highest BCUT2D eigenvalue weighted by Gasteiger charge is 2.18. The summed E-state index contributed by atoms with van der Waals surface area (Å²) < 4.78 is 0. The normalized spacial score (nSPS) is 11.9. The smallest absolute Gasteiger partial charge is 0.326 e. The number of hydrogen-bond acceptors (Lipinski definition) is 3. The van der Waals surface area contributed by atoms with Gasteiger partial charge in [-0.15, -0.1) is 0 Å². The third-order valence-corrected chi connectivity index (χ3v) is 2.48. The van der Waals surface area contributed by atoms with Crippen LogP contribution in [0.15, 0.2) is 18.2 Å². The number of carbonyl (C=O) groups excluding carboxylic acids is 1. The minimum atomic E-state index is -1.07. The average Bonchev–Trinajstić information content (AvgIpc) is 2.28. The van der Waals surface area contributed by atoms with Gasteiger partial charge < -0.3 is 15.5 Å². The highest BCUT2D eigenvalue weighted by atomic mass is 16.4. The molecule has 0 heterocycles. The molecular formula is C12H15NO4. The fraction of sp³-hybridized carbons (Fsp3) is 0.333. The summed E-state index contributed by atoms with van der Waals surface area (Å²) in [6.45, 7) is 3.38. The van der Waals surface area contributed by atoms with E-state index in [1.807, 2.05) is 0 Å². The maximum absolute atomic E-state index is 11.7. The largest absolute Gasteiger partial charge is 0.508 e. The van der Waals surface area contributed by atoms with Crippen LogP contribution in [0.2, 0.25) is 0 Å². The molecule has 0 saturated carbocycles. The molecule has 0 aliphatic carbocycles. The van der Waals surface area contributed by atoms with E-state index in [0.29, 0.717) is 12.0 Å². The summed E-state index contributed by atoms with van der Waals surface area (Å²) in [7, 11) is 0. The highest BCUT2D eigenvalue weighted by Crippen LogP contribution is 2.17. The van der Waals surface area contributed by atoms with Crippen molar-refractivity contribution in [1.82, 2.24) is 5.32 Å². The summed E-state index contributed by atoms with van der Waals surface area (Å²) in [4.78, 5) is 22.5. The van der Waals surface area contributed by atoms with Gasteiger partial charge in [0, 0.05) is 5.56 Å². The third kappa shape index (κ3) is 3.21. The molecule has 17 heavy (non-hydrogen) atoms. The van der Waals surface area contributed by atoms with Crippen molar-refractivity contribution in [2.75, 3.05) is 0 Å². The monoisotopic (exact) mass is 237 g/mol. The van der Waals surface area contributed by atoms with Gasteiger partial charge in [-0.1, -0.05) is 13.0 Å². The first-order valence-corrected chi connectivity index (χ1v) is 5.29. The van der Waals surface area contributed by atoms with Gasteiger partial charge in [-0.3, -0.25) is 4.79 Å². The number of hydrogen-bond donors (Lipinski definition) is 3. The zero-order chi connectivity index (χ0) is 13.0. The van der Waals surface area contributed by atoms with Crippen molar-refractivity contribution >= 4 is 11.9 Å². The second-order valence-corrected chi connectivity index (χ2v) is 3.77. The molecule has 1 amide bonds. The number of phenols is 1. The molecule has 0 bridgehead atoms. The lowest BCUT2D eigenvalue weighted by Crippen LogP contribution is -2.40. The number of benzene rings is 1. The zero-order valence-electron chi connectivity index (χ0n) is 9.73. The van der Waals surface area contributed by atoms with E-state index in [4.69, 9.17) is 5.11 Å². The van der Waals surface area contributed by atoms with Crippen molar-refractivity contribution in [3.63, 3.8) is 0 Å². The molecule has 5 heteroatoms. The summed E-state index contributed by atoms with van der Waals surface area (Å²) in [5.41, 5.74) is 0.902. The van der Waals surface area contributed by atoms with Gasteiger partial charge in [-0.2, -0.15) is 0 Å². The Hall–Kier alpha value is -2.04. The number of rotatable bonds is 4. The van der Waals surface area contributed by atoms with Crippen molar-refractivity contribution in [2.24, 2.45) is 0 Å². The van der Waals surface area contributed by atoms with Gasteiger partial charge >= 0.3 is 5.97 Å². The van der Waals surface area contributed by atoms with Crippen molar-refractivity contribution in [3.05, 3.63) is 29.3 Å². The summed E-state index contributed by atoms with van der Waals surface area (Å²) in [6.07, 6.45) is 0.304. The number of carboxylic acids is 1. The van der Waals surface area contributed by atoms with Gasteiger partial charge in [0.15, 0.2) is 0 Å². The Morgan fingerprint density at radius 3 is 2.53 bits per heavy atom. The number of aromatic hydroxyl groups is 1. The predicted molar refractivity (Wildman–Crippen MR) is 62.0 cm³/mol. The number of carbonyl (C=O) groups is 2. The van der Waals surface area contributed by atoms with Crippen LogP contribution in [0.1, 0.15) is 29.3 Å². The minimum absolute atomic E-state index is 0.0148. The molecule has 0 aliphatic heterocycles. The second-order valence-electron chi connectivity index (χ2n) is 3.77. The number of carboxylic acid groups (broad SMARTS) is 1. The van der Waals surface area contributed by atoms with Crippen LogP contribution < -0.4 is 5.32 Å². The zero-order valence-corrected chi connectivity index (χ0v) is 9.73. The first kappa shape index (κ1) is 13.0. The van der Waals surface area contributed by atoms with E-state index < -0.39 is 17.9 Å². The molecule has 0 saturated heterocycles. The topological polar surface area (TPSA) is 86.6 Å². The third-order valence-electron chi connectivity index (χ3n) is 2.48. The fourth-order valence-electron chi connectivity index (χ4n) is 1.33. The molecular weight excluding hydrogens is 222 g/mol. The van der Waals surface area contributed by atoms with E-state index in [2.05, 4.69) is 5.32 Å². The average molecular weight is 237 g/mol. The molecule has 0 unspecified atom stereocenters. The number of aliphatic carboxylic acids is 1. The van der Waals surface area contributed by atoms with Crippen LogP contribution >= 0.6 is 0 Å². The van der Waals surface area contributed by atoms with E-state index >= 15 is 0 Å². The number of aryl methyl sites for hydroxylation is 1. The van der Waals surface area contributed by atoms with Gasteiger partial charge in [0.1, 0.15) is 11.8 Å². The second kappa shape index (κ2) is 5.34. The Kier molecular flexibility index (Phi) is 4.09. The summed E-state index contributed by atoms with van der Waals surface area (Å²) in [5, 5.41) is 20.6. The van der Waals surface area contributed by atoms with E-state index in [0.717, 1.165) is 0 Å². The van der Waals surface area contributed by atoms with Crippen molar-refractivity contribution in [2.45, 2.75) is 26.3 Å². The lowest BCUT2D eigenvalue weighted by molar-refractivity contribution is -0.139. The quantitative estimate of drug-likeness (QED) is 0.736. The lowest BCUT2D eigenvalue weighted by Gasteiger charge is -2.12. The fourth-order valence-corrected chi connectivity index (χ4v) is 1.33. The number of nitrogens with one attached hydrogen (secondary N) is 1. The van der Waals surface area contributed by atoms with Crippen LogP contribution in [0.25, 0.3) is 0 Å². The Morgan fingerprint density at radius 2 is 2.06 bits per heavy atom. The number of phenolic OH excluding ortho intramolecular Hbond substituents is 1. The molecule has 0 radical (unpaired) electrons. The van der Waals surface area contributed by atoms with Crippen molar-refractivity contribution < 1.29 is 19.8 Å². The maximum atomic E-state index is 11.7. The minimum Gasteiger partial charge on any atom is -0.508 e. The molecule has 0 fully saturated rings. The first-order valence-electron chi connectivity index (χ1n) is 5.29. The van der Waals surface area contributed by atoms with Crippen LogP contribution in [0, 0.1) is 6.92 Å². The molecule has 0 spiro atoms. The Labute approximate surface area is 99.1 Å².